The summed E-state index contributed by atoms with van der Waals surface area (Å²) in [7, 11) is -4.05. The fourth-order valence-electron chi connectivity index (χ4n) is 5.98. The molecule has 0 bridgehead atoms. The fraction of sp³-hybridized carbons (Fsp3) is 0.643. The van der Waals surface area contributed by atoms with Crippen molar-refractivity contribution in [2.45, 2.75) is 108 Å². The molecule has 0 saturated carbocycles. The molecule has 1 aliphatic heterocycles. The summed E-state index contributed by atoms with van der Waals surface area (Å²) in [6, 6.07) is 8.09. The molecule has 0 spiro atoms. The van der Waals surface area contributed by atoms with Gasteiger partial charge in [-0.15, -0.1) is 5.54 Å². The summed E-state index contributed by atoms with van der Waals surface area (Å²) in [5.41, 5.74) is 6.32. The van der Waals surface area contributed by atoms with Crippen molar-refractivity contribution in [3.63, 3.8) is 0 Å². The minimum atomic E-state index is -2.35. The molecule has 0 aliphatic carbocycles. The van der Waals surface area contributed by atoms with Crippen LogP contribution in [0.1, 0.15) is 53.2 Å². The van der Waals surface area contributed by atoms with E-state index >= 15 is 0 Å². The van der Waals surface area contributed by atoms with Crippen LogP contribution in [0.3, 0.4) is 0 Å². The lowest BCUT2D eigenvalue weighted by Gasteiger charge is -2.50. The molecular formula is C28H44BrNO4Si2. The number of aliphatic hydroxyl groups is 2. The molecule has 0 unspecified atom stereocenters. The second-order valence-electron chi connectivity index (χ2n) is 12.2. The monoisotopic (exact) mass is 593 g/mol. The van der Waals surface area contributed by atoms with Crippen LogP contribution in [0.5, 0.6) is 0 Å². The van der Waals surface area contributed by atoms with Crippen LogP contribution in [0.15, 0.2) is 28.7 Å². The standard InChI is InChI=1S/C28H44BrNO4Si2/c1-17(2)36(18(3)4,19(5)6)34-28-24(12-13-35(7,8)9)33-25(16-31)26(27(28)32)23-15-20-14-21(29)10-11-22(20)30-23/h10-11,14-15,17-19,24-28,30-32H,16H2,1-9H3/t24-,25+,26+,27-,28-/m0/s1. The first-order valence-corrected chi connectivity index (χ1v) is 19.6. The van der Waals surface area contributed by atoms with Gasteiger partial charge in [0.15, 0.2) is 0 Å². The highest BCUT2D eigenvalue weighted by Gasteiger charge is 2.53. The lowest BCUT2D eigenvalue weighted by atomic mass is 9.84. The van der Waals surface area contributed by atoms with Crippen molar-refractivity contribution in [3.8, 4) is 11.5 Å². The Kier molecular flexibility index (Phi) is 9.42. The Morgan fingerprint density at radius 3 is 2.19 bits per heavy atom. The number of rotatable bonds is 7. The van der Waals surface area contributed by atoms with Crippen molar-refractivity contribution in [1.29, 1.82) is 0 Å². The molecule has 0 amide bonds. The summed E-state index contributed by atoms with van der Waals surface area (Å²) >= 11 is 3.54. The molecule has 1 aromatic carbocycles. The van der Waals surface area contributed by atoms with Crippen LogP contribution in [-0.4, -0.2) is 62.6 Å². The first kappa shape index (κ1) is 29.6. The molecule has 3 rings (SSSR count). The summed E-state index contributed by atoms with van der Waals surface area (Å²) in [6.07, 6.45) is -2.66. The summed E-state index contributed by atoms with van der Waals surface area (Å²) in [4.78, 5) is 3.46. The van der Waals surface area contributed by atoms with Crippen LogP contribution in [0.2, 0.25) is 36.3 Å². The third-order valence-corrected chi connectivity index (χ3v) is 15.0. The number of aromatic nitrogens is 1. The number of aliphatic hydroxyl groups excluding tert-OH is 2. The minimum absolute atomic E-state index is 0.209. The van der Waals surface area contributed by atoms with Crippen molar-refractivity contribution in [3.05, 3.63) is 34.4 Å². The molecule has 200 valence electrons. The lowest BCUT2D eigenvalue weighted by molar-refractivity contribution is -0.166. The first-order valence-electron chi connectivity index (χ1n) is 13.1. The zero-order valence-corrected chi connectivity index (χ0v) is 26.8. The molecule has 5 atom stereocenters. The van der Waals surface area contributed by atoms with Gasteiger partial charge in [0.25, 0.3) is 0 Å². The Balaban J connectivity index is 2.12. The van der Waals surface area contributed by atoms with Crippen molar-refractivity contribution in [1.82, 2.24) is 4.98 Å². The summed E-state index contributed by atoms with van der Waals surface area (Å²) < 4.78 is 14.6. The van der Waals surface area contributed by atoms with E-state index in [1.807, 2.05) is 24.3 Å². The van der Waals surface area contributed by atoms with Crippen LogP contribution in [-0.2, 0) is 9.16 Å². The average molecular weight is 595 g/mol. The van der Waals surface area contributed by atoms with E-state index in [0.717, 1.165) is 21.1 Å². The van der Waals surface area contributed by atoms with Gasteiger partial charge in [-0.25, -0.2) is 0 Å². The number of benzene rings is 1. The average Bonchev–Trinajstić information content (AvgIpc) is 3.17. The van der Waals surface area contributed by atoms with E-state index in [4.69, 9.17) is 9.16 Å². The van der Waals surface area contributed by atoms with Gasteiger partial charge in [-0.1, -0.05) is 83.0 Å². The maximum absolute atomic E-state index is 12.0. The van der Waals surface area contributed by atoms with Crippen molar-refractivity contribution in [2.75, 3.05) is 6.61 Å². The number of fused-ring (bicyclic) bond motifs is 1. The van der Waals surface area contributed by atoms with Crippen molar-refractivity contribution in [2.24, 2.45) is 0 Å². The van der Waals surface area contributed by atoms with Crippen LogP contribution in [0.4, 0.5) is 0 Å². The Hall–Kier alpha value is -0.926. The van der Waals surface area contributed by atoms with E-state index in [1.54, 1.807) is 0 Å². The van der Waals surface area contributed by atoms with Crippen LogP contribution in [0, 0.1) is 11.5 Å². The number of ether oxygens (including phenoxy) is 1. The first-order chi connectivity index (χ1) is 16.7. The summed E-state index contributed by atoms with van der Waals surface area (Å²) in [5.74, 6) is 2.89. The van der Waals surface area contributed by atoms with Crippen molar-refractivity contribution >= 4 is 43.2 Å². The topological polar surface area (TPSA) is 74.7 Å². The highest BCUT2D eigenvalue weighted by Crippen LogP contribution is 2.46. The van der Waals surface area contributed by atoms with E-state index in [1.165, 1.54) is 0 Å². The molecule has 1 fully saturated rings. The van der Waals surface area contributed by atoms with E-state index in [-0.39, 0.29) is 6.61 Å². The van der Waals surface area contributed by atoms with Gasteiger partial charge in [0, 0.05) is 21.1 Å². The molecule has 0 radical (unpaired) electrons. The molecule has 8 heteroatoms. The molecule has 2 aromatic rings. The highest BCUT2D eigenvalue weighted by molar-refractivity contribution is 9.10. The largest absolute Gasteiger partial charge is 0.407 e. The number of halogens is 1. The quantitative estimate of drug-likeness (QED) is 0.250. The highest BCUT2D eigenvalue weighted by atomic mass is 79.9. The number of H-pyrrole nitrogens is 1. The maximum atomic E-state index is 12.0. The van der Waals surface area contributed by atoms with Gasteiger partial charge in [-0.05, 0) is 40.9 Å². The van der Waals surface area contributed by atoms with E-state index in [2.05, 4.69) is 93.6 Å². The summed E-state index contributed by atoms with van der Waals surface area (Å²) in [5, 5.41) is 23.4. The van der Waals surface area contributed by atoms with Gasteiger partial charge in [0.05, 0.1) is 24.7 Å². The number of hydrogen-bond donors (Lipinski definition) is 3. The minimum Gasteiger partial charge on any atom is -0.407 e. The van der Waals surface area contributed by atoms with Crippen LogP contribution in [0.25, 0.3) is 10.9 Å². The molecular weight excluding hydrogens is 550 g/mol. The predicted molar refractivity (Wildman–Crippen MR) is 158 cm³/mol. The molecule has 36 heavy (non-hydrogen) atoms. The van der Waals surface area contributed by atoms with Gasteiger partial charge in [-0.3, -0.25) is 0 Å². The second-order valence-corrected chi connectivity index (χ2v) is 23.2. The Morgan fingerprint density at radius 2 is 1.67 bits per heavy atom. The molecule has 1 aliphatic rings. The van der Waals surface area contributed by atoms with Gasteiger partial charge < -0.3 is 24.4 Å². The van der Waals surface area contributed by atoms with Crippen LogP contribution < -0.4 is 0 Å². The van der Waals surface area contributed by atoms with Crippen LogP contribution >= 0.6 is 15.9 Å². The SMILES string of the molecule is CC(C)[Si](O[C@@H]1[C@@H](O)[C@H](c2cc3cc(Br)ccc3[nH]2)[C@@H](CO)O[C@H]1C#C[Si](C)(C)C)(C(C)C)C(C)C. The predicted octanol–water partition coefficient (Wildman–Crippen LogP) is 6.58. The number of hydrogen-bond acceptors (Lipinski definition) is 4. The normalized spacial score (nSPS) is 25.6. The lowest BCUT2D eigenvalue weighted by Crippen LogP contribution is -2.61. The summed E-state index contributed by atoms with van der Waals surface area (Å²) in [6.45, 7) is 19.8. The van der Waals surface area contributed by atoms with Gasteiger partial charge in [0.1, 0.15) is 20.3 Å². The Bertz CT molecular complexity index is 1080. The fourth-order valence-corrected chi connectivity index (χ4v) is 12.5. The smallest absolute Gasteiger partial charge is 0.201 e. The van der Waals surface area contributed by atoms with E-state index < -0.39 is 46.7 Å². The number of aromatic amines is 1. The Morgan fingerprint density at radius 1 is 1.06 bits per heavy atom. The second kappa shape index (κ2) is 11.4. The molecule has 5 nitrogen and oxygen atoms in total. The van der Waals surface area contributed by atoms with Gasteiger partial charge in [0.2, 0.25) is 8.32 Å². The third kappa shape index (κ3) is 6.04. The molecule has 1 saturated heterocycles. The molecule has 3 N–H and O–H groups in total. The zero-order chi connectivity index (χ0) is 27.0. The maximum Gasteiger partial charge on any atom is 0.201 e. The third-order valence-electron chi connectivity index (χ3n) is 7.50. The molecule has 1 aromatic heterocycles. The van der Waals surface area contributed by atoms with Gasteiger partial charge >= 0.3 is 0 Å². The zero-order valence-electron chi connectivity index (χ0n) is 23.2. The number of nitrogens with one attached hydrogen (secondary N) is 1. The van der Waals surface area contributed by atoms with E-state index in [9.17, 15) is 10.2 Å². The van der Waals surface area contributed by atoms with E-state index in [0.29, 0.717) is 16.6 Å². The van der Waals surface area contributed by atoms with Crippen molar-refractivity contribution < 1.29 is 19.4 Å². The Labute approximate surface area is 227 Å². The van der Waals surface area contributed by atoms with Gasteiger partial charge in [-0.2, -0.15) is 0 Å². The molecule has 2 heterocycles.